The molecular weight excluding hydrogens is 501 g/mol. The van der Waals surface area contributed by atoms with Crippen molar-refractivity contribution in [3.8, 4) is 0 Å². The van der Waals surface area contributed by atoms with E-state index in [9.17, 15) is 30.7 Å². The van der Waals surface area contributed by atoms with Gasteiger partial charge in [-0.1, -0.05) is 12.1 Å². The van der Waals surface area contributed by atoms with Crippen LogP contribution in [0.5, 0.6) is 0 Å². The molecule has 0 unspecified atom stereocenters. The molecule has 4 rings (SSSR count). The quantitative estimate of drug-likeness (QED) is 0.538. The molecule has 3 aliphatic rings. The largest absolute Gasteiger partial charge is 0.490 e. The highest BCUT2D eigenvalue weighted by atomic mass is 19.4. The number of halogens is 7. The Morgan fingerprint density at radius 1 is 0.861 bits per heavy atom. The van der Waals surface area contributed by atoms with Gasteiger partial charge in [0, 0.05) is 31.7 Å². The third-order valence-corrected chi connectivity index (χ3v) is 6.51. The van der Waals surface area contributed by atoms with E-state index < -0.39 is 24.3 Å². The lowest BCUT2D eigenvalue weighted by atomic mass is 9.84. The summed E-state index contributed by atoms with van der Waals surface area (Å²) >= 11 is 0. The van der Waals surface area contributed by atoms with Crippen molar-refractivity contribution in [1.82, 2.24) is 9.80 Å². The molecular formula is C23H29F7N2O4. The first kappa shape index (κ1) is 29.8. The molecule has 6 nitrogen and oxygen atoms in total. The SMILES string of the molecule is Fc1ccc(CN2CCC3(CCCN3CC3CC3)CC2)cc1.O=C(O)C(F)(F)F.O=C(O)C(F)(F)F. The Morgan fingerprint density at radius 2 is 1.33 bits per heavy atom. The number of nitrogens with zero attached hydrogens (tertiary/aromatic N) is 2. The number of alkyl halides is 6. The van der Waals surface area contributed by atoms with Crippen LogP contribution in [0.4, 0.5) is 30.7 Å². The average molecular weight is 530 g/mol. The van der Waals surface area contributed by atoms with Crippen molar-refractivity contribution in [3.05, 3.63) is 35.6 Å². The number of hydrogen-bond donors (Lipinski definition) is 2. The van der Waals surface area contributed by atoms with Crippen LogP contribution in [0.2, 0.25) is 0 Å². The molecule has 204 valence electrons. The Hall–Kier alpha value is -2.41. The number of hydrogen-bond acceptors (Lipinski definition) is 4. The second kappa shape index (κ2) is 12.2. The minimum Gasteiger partial charge on any atom is -0.475 e. The minimum atomic E-state index is -5.08. The van der Waals surface area contributed by atoms with Gasteiger partial charge in [0.15, 0.2) is 0 Å². The van der Waals surface area contributed by atoms with E-state index in [1.54, 1.807) is 12.1 Å². The van der Waals surface area contributed by atoms with Gasteiger partial charge in [-0.2, -0.15) is 26.3 Å². The maximum Gasteiger partial charge on any atom is 0.490 e. The molecule has 1 spiro atoms. The summed E-state index contributed by atoms with van der Waals surface area (Å²) in [5, 5.41) is 14.2. The van der Waals surface area contributed by atoms with Gasteiger partial charge in [0.2, 0.25) is 0 Å². The summed E-state index contributed by atoms with van der Waals surface area (Å²) in [6.45, 7) is 6.04. The summed E-state index contributed by atoms with van der Waals surface area (Å²) < 4.78 is 76.5. The summed E-state index contributed by atoms with van der Waals surface area (Å²) in [5.41, 5.74) is 1.75. The van der Waals surface area contributed by atoms with Crippen LogP contribution in [-0.2, 0) is 16.1 Å². The average Bonchev–Trinajstić information content (AvgIpc) is 3.52. The molecule has 2 N–H and O–H groups in total. The molecule has 0 bridgehead atoms. The molecule has 2 heterocycles. The molecule has 2 saturated heterocycles. The topological polar surface area (TPSA) is 81.1 Å². The van der Waals surface area contributed by atoms with E-state index in [0.29, 0.717) is 5.54 Å². The van der Waals surface area contributed by atoms with Crippen LogP contribution in [0.15, 0.2) is 24.3 Å². The fourth-order valence-corrected chi connectivity index (χ4v) is 4.43. The normalized spacial score (nSPS) is 20.2. The molecule has 1 aromatic carbocycles. The molecule has 0 atom stereocenters. The molecule has 3 fully saturated rings. The van der Waals surface area contributed by atoms with Crippen LogP contribution in [-0.4, -0.2) is 76.0 Å². The standard InChI is InChI=1S/C19H27FN2.2C2HF3O2/c20-18-6-4-16(5-7-18)14-21-12-9-19(10-13-21)8-1-11-22(19)15-17-2-3-17;2*3-2(4,5)1(6)7/h4-7,17H,1-3,8-15H2;2*(H,6,7). The van der Waals surface area contributed by atoms with Crippen molar-refractivity contribution in [2.45, 2.75) is 63.0 Å². The van der Waals surface area contributed by atoms with E-state index in [1.807, 2.05) is 12.1 Å². The van der Waals surface area contributed by atoms with E-state index in [1.165, 1.54) is 70.3 Å². The molecule has 1 saturated carbocycles. The fraction of sp³-hybridized carbons (Fsp3) is 0.652. The van der Waals surface area contributed by atoms with Gasteiger partial charge in [0.25, 0.3) is 0 Å². The van der Waals surface area contributed by atoms with Crippen LogP contribution in [0.25, 0.3) is 0 Å². The molecule has 2 aliphatic heterocycles. The van der Waals surface area contributed by atoms with Crippen molar-refractivity contribution in [3.63, 3.8) is 0 Å². The number of rotatable bonds is 4. The summed E-state index contributed by atoms with van der Waals surface area (Å²) in [7, 11) is 0. The zero-order valence-corrected chi connectivity index (χ0v) is 19.4. The van der Waals surface area contributed by atoms with Crippen LogP contribution in [0.3, 0.4) is 0 Å². The third-order valence-electron chi connectivity index (χ3n) is 6.51. The number of carboxylic acid groups (broad SMARTS) is 2. The van der Waals surface area contributed by atoms with Crippen molar-refractivity contribution in [2.24, 2.45) is 5.92 Å². The molecule has 13 heteroatoms. The van der Waals surface area contributed by atoms with E-state index in [0.717, 1.165) is 12.5 Å². The predicted molar refractivity (Wildman–Crippen MR) is 115 cm³/mol. The highest BCUT2D eigenvalue weighted by molar-refractivity contribution is 5.73. The minimum absolute atomic E-state index is 0.136. The molecule has 0 amide bonds. The number of carbonyl (C=O) groups is 2. The van der Waals surface area contributed by atoms with Gasteiger partial charge >= 0.3 is 24.3 Å². The molecule has 0 aromatic heterocycles. The van der Waals surface area contributed by atoms with Gasteiger partial charge in [0.05, 0.1) is 0 Å². The summed E-state index contributed by atoms with van der Waals surface area (Å²) in [5.74, 6) is -4.64. The van der Waals surface area contributed by atoms with E-state index in [2.05, 4.69) is 9.80 Å². The predicted octanol–water partition coefficient (Wildman–Crippen LogP) is 4.93. The van der Waals surface area contributed by atoms with Crippen molar-refractivity contribution in [1.29, 1.82) is 0 Å². The van der Waals surface area contributed by atoms with Gasteiger partial charge in [-0.3, -0.25) is 9.80 Å². The van der Waals surface area contributed by atoms with E-state index in [4.69, 9.17) is 19.8 Å². The first-order chi connectivity index (χ1) is 16.6. The summed E-state index contributed by atoms with van der Waals surface area (Å²) in [6.07, 6.45) is -1.80. The van der Waals surface area contributed by atoms with Crippen LogP contribution < -0.4 is 0 Å². The maximum atomic E-state index is 13.0. The second-order valence-electron chi connectivity index (χ2n) is 9.23. The van der Waals surface area contributed by atoms with Crippen molar-refractivity contribution in [2.75, 3.05) is 26.2 Å². The molecule has 1 aromatic rings. The Balaban J connectivity index is 0.000000271. The number of carboxylic acids is 2. The van der Waals surface area contributed by atoms with Crippen LogP contribution in [0.1, 0.15) is 44.1 Å². The van der Waals surface area contributed by atoms with Gasteiger partial charge in [-0.15, -0.1) is 0 Å². The maximum absolute atomic E-state index is 13.0. The van der Waals surface area contributed by atoms with E-state index in [-0.39, 0.29) is 5.82 Å². The Kier molecular flexibility index (Phi) is 10.1. The first-order valence-electron chi connectivity index (χ1n) is 11.4. The lowest BCUT2D eigenvalue weighted by molar-refractivity contribution is -0.193. The first-order valence-corrected chi connectivity index (χ1v) is 11.4. The summed E-state index contributed by atoms with van der Waals surface area (Å²) in [4.78, 5) is 23.2. The highest BCUT2D eigenvalue weighted by Crippen LogP contribution is 2.42. The number of likely N-dealkylation sites (tertiary alicyclic amines) is 2. The van der Waals surface area contributed by atoms with Gasteiger partial charge in [0.1, 0.15) is 5.82 Å². The number of benzene rings is 1. The number of piperidine rings is 1. The lowest BCUT2D eigenvalue weighted by Crippen LogP contribution is -2.52. The lowest BCUT2D eigenvalue weighted by Gasteiger charge is -2.45. The second-order valence-corrected chi connectivity index (χ2v) is 9.23. The molecule has 1 aliphatic carbocycles. The van der Waals surface area contributed by atoms with Crippen LogP contribution >= 0.6 is 0 Å². The van der Waals surface area contributed by atoms with Crippen molar-refractivity contribution >= 4 is 11.9 Å². The third kappa shape index (κ3) is 9.57. The molecule has 36 heavy (non-hydrogen) atoms. The zero-order chi connectivity index (χ0) is 27.1. The van der Waals surface area contributed by atoms with Crippen molar-refractivity contribution < 1.29 is 50.5 Å². The fourth-order valence-electron chi connectivity index (χ4n) is 4.43. The molecule has 0 radical (unpaired) electrons. The van der Waals surface area contributed by atoms with Gasteiger partial charge < -0.3 is 10.2 Å². The van der Waals surface area contributed by atoms with Gasteiger partial charge in [-0.05, 0) is 68.7 Å². The Morgan fingerprint density at radius 3 is 1.75 bits per heavy atom. The van der Waals surface area contributed by atoms with E-state index >= 15 is 0 Å². The summed E-state index contributed by atoms with van der Waals surface area (Å²) in [6, 6.07) is 7.01. The van der Waals surface area contributed by atoms with Gasteiger partial charge in [-0.25, -0.2) is 14.0 Å². The van der Waals surface area contributed by atoms with Crippen LogP contribution in [0, 0.1) is 11.7 Å². The smallest absolute Gasteiger partial charge is 0.475 e. The Bertz CT molecular complexity index is 839. The number of aliphatic carboxylic acids is 2. The monoisotopic (exact) mass is 530 g/mol. The Labute approximate surface area is 203 Å². The zero-order valence-electron chi connectivity index (χ0n) is 19.4. The highest BCUT2D eigenvalue weighted by Gasteiger charge is 2.44.